The number of carboxylic acid groups (broad SMARTS) is 1. The van der Waals surface area contributed by atoms with Crippen molar-refractivity contribution in [2.24, 2.45) is 0 Å². The van der Waals surface area contributed by atoms with E-state index in [-0.39, 0.29) is 70.4 Å². The molecule has 2 fully saturated rings. The zero-order valence-corrected chi connectivity index (χ0v) is 19.3. The molecule has 3 heterocycles. The molecule has 0 bridgehead atoms. The highest BCUT2D eigenvalue weighted by Gasteiger charge is 2.36. The average Bonchev–Trinajstić information content (AvgIpc) is 2.84. The SMILES string of the molecule is O=C(O)CN1CCC(F)(CNc2ncnc(N3CCOCC3c3ccc(C(F)(F)F)cc3)c2F)CC1. The van der Waals surface area contributed by atoms with Gasteiger partial charge in [0.25, 0.3) is 0 Å². The number of piperidine rings is 1. The van der Waals surface area contributed by atoms with Crippen LogP contribution in [0.25, 0.3) is 0 Å². The number of hydrogen-bond donors (Lipinski definition) is 2. The second kappa shape index (κ2) is 10.5. The van der Waals surface area contributed by atoms with Gasteiger partial charge in [-0.05, 0) is 30.5 Å². The largest absolute Gasteiger partial charge is 0.480 e. The van der Waals surface area contributed by atoms with Crippen LogP contribution in [0.1, 0.15) is 30.0 Å². The Morgan fingerprint density at radius 2 is 1.86 bits per heavy atom. The van der Waals surface area contributed by atoms with Crippen molar-refractivity contribution in [2.45, 2.75) is 30.7 Å². The first-order chi connectivity index (χ1) is 17.1. The molecule has 2 N–H and O–H groups in total. The lowest BCUT2D eigenvalue weighted by atomic mass is 9.93. The monoisotopic (exact) mass is 515 g/mol. The molecule has 1 unspecified atom stereocenters. The third kappa shape index (κ3) is 6.01. The van der Waals surface area contributed by atoms with Gasteiger partial charge >= 0.3 is 12.1 Å². The number of anilines is 2. The van der Waals surface area contributed by atoms with Crippen molar-refractivity contribution in [3.05, 3.63) is 47.5 Å². The van der Waals surface area contributed by atoms with Crippen molar-refractivity contribution in [3.8, 4) is 0 Å². The molecule has 4 rings (SSSR count). The first-order valence-corrected chi connectivity index (χ1v) is 11.4. The van der Waals surface area contributed by atoms with E-state index in [4.69, 9.17) is 9.84 Å². The normalized spacial score (nSPS) is 20.8. The topological polar surface area (TPSA) is 90.8 Å². The van der Waals surface area contributed by atoms with Gasteiger partial charge in [-0.1, -0.05) is 12.1 Å². The highest BCUT2D eigenvalue weighted by atomic mass is 19.4. The standard InChI is InChI=1S/C23H26F5N5O3/c24-19-20(29-13-22(25)5-7-32(8-6-22)11-18(34)35)30-14-31-21(19)33-9-10-36-12-17(33)15-1-3-16(4-2-15)23(26,27)28/h1-4,14,17H,5-13H2,(H,34,35)(H,29,30,31). The number of morpholine rings is 1. The Labute approximate surface area is 204 Å². The lowest BCUT2D eigenvalue weighted by Crippen LogP contribution is -2.47. The highest BCUT2D eigenvalue weighted by Crippen LogP contribution is 2.35. The van der Waals surface area contributed by atoms with E-state index < -0.39 is 35.2 Å². The minimum atomic E-state index is -4.47. The van der Waals surface area contributed by atoms with Crippen LogP contribution in [-0.4, -0.2) is 77.6 Å². The number of carbonyl (C=O) groups is 1. The quantitative estimate of drug-likeness (QED) is 0.542. The second-order valence-electron chi connectivity index (χ2n) is 8.94. The van der Waals surface area contributed by atoms with E-state index in [1.54, 1.807) is 9.80 Å². The molecule has 8 nitrogen and oxygen atoms in total. The molecular weight excluding hydrogens is 489 g/mol. The number of nitrogens with zero attached hydrogens (tertiary/aromatic N) is 4. The van der Waals surface area contributed by atoms with E-state index in [0.717, 1.165) is 18.5 Å². The van der Waals surface area contributed by atoms with Gasteiger partial charge in [-0.3, -0.25) is 9.69 Å². The number of hydrogen-bond acceptors (Lipinski definition) is 7. The van der Waals surface area contributed by atoms with E-state index in [9.17, 15) is 18.0 Å². The molecule has 1 aromatic carbocycles. The fourth-order valence-electron chi connectivity index (χ4n) is 4.43. The Kier molecular flexibility index (Phi) is 7.59. The zero-order chi connectivity index (χ0) is 25.9. The first-order valence-electron chi connectivity index (χ1n) is 11.4. The molecule has 1 aromatic heterocycles. The second-order valence-corrected chi connectivity index (χ2v) is 8.94. The maximum absolute atomic E-state index is 15.4. The highest BCUT2D eigenvalue weighted by molar-refractivity contribution is 5.69. The molecule has 2 aromatic rings. The molecule has 1 atom stereocenters. The number of aliphatic carboxylic acids is 1. The summed E-state index contributed by atoms with van der Waals surface area (Å²) in [6.45, 7) is 0.794. The van der Waals surface area contributed by atoms with Crippen molar-refractivity contribution >= 4 is 17.6 Å². The minimum absolute atomic E-state index is 0.0649. The minimum Gasteiger partial charge on any atom is -0.480 e. The fourth-order valence-corrected chi connectivity index (χ4v) is 4.43. The Morgan fingerprint density at radius 1 is 1.17 bits per heavy atom. The molecule has 0 amide bonds. The van der Waals surface area contributed by atoms with E-state index in [2.05, 4.69) is 15.3 Å². The predicted octanol–water partition coefficient (Wildman–Crippen LogP) is 3.51. The van der Waals surface area contributed by atoms with Crippen molar-refractivity contribution in [2.75, 3.05) is 56.2 Å². The van der Waals surface area contributed by atoms with Gasteiger partial charge in [0.05, 0.1) is 37.9 Å². The number of halogens is 5. The van der Waals surface area contributed by atoms with Crippen LogP contribution < -0.4 is 10.2 Å². The summed E-state index contributed by atoms with van der Waals surface area (Å²) in [5.74, 6) is -2.04. The Morgan fingerprint density at radius 3 is 2.50 bits per heavy atom. The van der Waals surface area contributed by atoms with Gasteiger partial charge < -0.3 is 20.1 Å². The third-order valence-electron chi connectivity index (χ3n) is 6.48. The third-order valence-corrected chi connectivity index (χ3v) is 6.48. The van der Waals surface area contributed by atoms with Crippen LogP contribution in [0.5, 0.6) is 0 Å². The number of carboxylic acids is 1. The molecule has 196 valence electrons. The van der Waals surface area contributed by atoms with Gasteiger partial charge in [-0.2, -0.15) is 17.6 Å². The van der Waals surface area contributed by atoms with Crippen molar-refractivity contribution in [1.29, 1.82) is 0 Å². The van der Waals surface area contributed by atoms with Crippen LogP contribution in [-0.2, 0) is 15.7 Å². The van der Waals surface area contributed by atoms with Crippen LogP contribution in [0.4, 0.5) is 33.6 Å². The summed E-state index contributed by atoms with van der Waals surface area (Å²) in [4.78, 5) is 22.0. The summed E-state index contributed by atoms with van der Waals surface area (Å²) < 4.78 is 75.0. The number of likely N-dealkylation sites (tertiary alicyclic amines) is 1. The molecule has 0 aliphatic carbocycles. The van der Waals surface area contributed by atoms with Gasteiger partial charge in [-0.15, -0.1) is 0 Å². The maximum atomic E-state index is 15.4. The van der Waals surface area contributed by atoms with E-state index in [1.807, 2.05) is 0 Å². The average molecular weight is 515 g/mol. The van der Waals surface area contributed by atoms with Gasteiger partial charge in [0.15, 0.2) is 11.6 Å². The van der Waals surface area contributed by atoms with Crippen molar-refractivity contribution < 1.29 is 36.6 Å². The number of rotatable bonds is 7. The van der Waals surface area contributed by atoms with E-state index in [0.29, 0.717) is 5.56 Å². The summed E-state index contributed by atoms with van der Waals surface area (Å²) in [6, 6.07) is 4.01. The van der Waals surface area contributed by atoms with Crippen LogP contribution >= 0.6 is 0 Å². The van der Waals surface area contributed by atoms with Crippen LogP contribution in [0, 0.1) is 5.82 Å². The number of aromatic nitrogens is 2. The summed E-state index contributed by atoms with van der Waals surface area (Å²) in [6.07, 6.45) is -3.15. The van der Waals surface area contributed by atoms with Gasteiger partial charge in [-0.25, -0.2) is 14.4 Å². The molecule has 2 saturated heterocycles. The lowest BCUT2D eigenvalue weighted by molar-refractivity contribution is -0.139. The number of benzene rings is 1. The van der Waals surface area contributed by atoms with Gasteiger partial charge in [0.1, 0.15) is 12.0 Å². The zero-order valence-electron chi connectivity index (χ0n) is 19.3. The predicted molar refractivity (Wildman–Crippen MR) is 120 cm³/mol. The molecule has 0 saturated carbocycles. The summed E-state index contributed by atoms with van der Waals surface area (Å²) in [5.41, 5.74) is -1.94. The summed E-state index contributed by atoms with van der Waals surface area (Å²) >= 11 is 0. The number of ether oxygens (including phenoxy) is 1. The van der Waals surface area contributed by atoms with Crippen LogP contribution in [0.3, 0.4) is 0 Å². The molecule has 0 spiro atoms. The maximum Gasteiger partial charge on any atom is 0.416 e. The van der Waals surface area contributed by atoms with E-state index in [1.165, 1.54) is 12.1 Å². The first kappa shape index (κ1) is 26.0. The Balaban J connectivity index is 1.47. The Hall–Kier alpha value is -3.06. The molecule has 0 radical (unpaired) electrons. The van der Waals surface area contributed by atoms with Gasteiger partial charge in [0.2, 0.25) is 5.82 Å². The smallest absolute Gasteiger partial charge is 0.416 e. The van der Waals surface area contributed by atoms with E-state index >= 15 is 8.78 Å². The van der Waals surface area contributed by atoms with Crippen LogP contribution in [0.15, 0.2) is 30.6 Å². The molecule has 2 aliphatic heterocycles. The van der Waals surface area contributed by atoms with Crippen molar-refractivity contribution in [1.82, 2.24) is 14.9 Å². The Bertz CT molecular complexity index is 1060. The summed E-state index contributed by atoms with van der Waals surface area (Å²) in [7, 11) is 0. The molecular formula is C23H26F5N5O3. The molecule has 36 heavy (non-hydrogen) atoms. The molecule has 2 aliphatic rings. The number of nitrogens with one attached hydrogen (secondary N) is 1. The fraction of sp³-hybridized carbons (Fsp3) is 0.522. The molecule has 13 heteroatoms. The van der Waals surface area contributed by atoms with Crippen molar-refractivity contribution in [3.63, 3.8) is 0 Å². The van der Waals surface area contributed by atoms with Crippen LogP contribution in [0.2, 0.25) is 0 Å². The summed E-state index contributed by atoms with van der Waals surface area (Å²) in [5, 5.41) is 11.6. The number of alkyl halides is 4. The lowest BCUT2D eigenvalue weighted by Gasteiger charge is -2.37. The van der Waals surface area contributed by atoms with Gasteiger partial charge in [0, 0.05) is 19.6 Å².